The highest BCUT2D eigenvalue weighted by Gasteiger charge is 2.48. The SMILES string of the molecule is COc1cc(C(=O)N2CCC(N3CC(CC#N)(n4cc(-c5ncnc6[nH]ccc56)cn4)C3)CC2)ccc1F. The average molecular weight is 515 g/mol. The van der Waals surface area contributed by atoms with Crippen molar-refractivity contribution in [3.05, 3.63) is 60.6 Å². The van der Waals surface area contributed by atoms with Gasteiger partial charge in [-0.25, -0.2) is 14.4 Å². The molecule has 5 heterocycles. The highest BCUT2D eigenvalue weighted by molar-refractivity contribution is 5.94. The fourth-order valence-corrected chi connectivity index (χ4v) is 5.67. The lowest BCUT2D eigenvalue weighted by molar-refractivity contribution is -0.0412. The molecule has 194 valence electrons. The molecule has 1 aromatic carbocycles. The zero-order chi connectivity index (χ0) is 26.3. The molecule has 2 aliphatic heterocycles. The number of fused-ring (bicyclic) bond motifs is 1. The molecule has 38 heavy (non-hydrogen) atoms. The van der Waals surface area contributed by atoms with E-state index in [4.69, 9.17) is 4.74 Å². The van der Waals surface area contributed by atoms with Gasteiger partial charge in [-0.05, 0) is 37.1 Å². The van der Waals surface area contributed by atoms with Crippen LogP contribution in [0.2, 0.25) is 0 Å². The number of aromatic nitrogens is 5. The molecular formula is C27H27FN8O2. The number of nitriles is 1. The van der Waals surface area contributed by atoms with Crippen molar-refractivity contribution in [2.75, 3.05) is 33.3 Å². The molecule has 3 aromatic heterocycles. The maximum atomic E-state index is 13.7. The van der Waals surface area contributed by atoms with Crippen LogP contribution >= 0.6 is 0 Å². The molecule has 1 N–H and O–H groups in total. The summed E-state index contributed by atoms with van der Waals surface area (Å²) in [5, 5.41) is 15.2. The summed E-state index contributed by atoms with van der Waals surface area (Å²) in [4.78, 5) is 29.0. The van der Waals surface area contributed by atoms with Crippen LogP contribution < -0.4 is 4.74 Å². The van der Waals surface area contributed by atoms with E-state index in [0.717, 1.165) is 48.2 Å². The number of carbonyl (C=O) groups is 1. The Hall–Kier alpha value is -4.30. The van der Waals surface area contributed by atoms with Gasteiger partial charge >= 0.3 is 0 Å². The first-order valence-corrected chi connectivity index (χ1v) is 12.6. The van der Waals surface area contributed by atoms with Gasteiger partial charge in [0.1, 0.15) is 17.5 Å². The number of carbonyl (C=O) groups excluding carboxylic acids is 1. The molecule has 0 radical (unpaired) electrons. The molecular weight excluding hydrogens is 487 g/mol. The van der Waals surface area contributed by atoms with E-state index in [9.17, 15) is 14.4 Å². The van der Waals surface area contributed by atoms with Gasteiger partial charge in [0.2, 0.25) is 0 Å². The Labute approximate surface area is 218 Å². The second kappa shape index (κ2) is 9.54. The predicted molar refractivity (Wildman–Crippen MR) is 137 cm³/mol. The molecule has 0 aliphatic carbocycles. The van der Waals surface area contributed by atoms with Crippen molar-refractivity contribution in [3.63, 3.8) is 0 Å². The van der Waals surface area contributed by atoms with Gasteiger partial charge in [-0.1, -0.05) is 0 Å². The number of likely N-dealkylation sites (tertiary alicyclic amines) is 2. The first-order valence-electron chi connectivity index (χ1n) is 12.6. The van der Waals surface area contributed by atoms with E-state index >= 15 is 0 Å². The Kier molecular flexibility index (Phi) is 6.04. The number of ether oxygens (including phenoxy) is 1. The zero-order valence-corrected chi connectivity index (χ0v) is 21.0. The van der Waals surface area contributed by atoms with Crippen molar-refractivity contribution in [2.24, 2.45) is 0 Å². The van der Waals surface area contributed by atoms with E-state index in [1.807, 2.05) is 28.0 Å². The molecule has 11 heteroatoms. The fourth-order valence-electron chi connectivity index (χ4n) is 5.67. The van der Waals surface area contributed by atoms with E-state index in [1.165, 1.54) is 31.6 Å². The van der Waals surface area contributed by atoms with E-state index in [1.54, 1.807) is 6.20 Å². The van der Waals surface area contributed by atoms with Gasteiger partial charge in [-0.2, -0.15) is 10.4 Å². The van der Waals surface area contributed by atoms with Gasteiger partial charge in [0, 0.05) is 61.1 Å². The quantitative estimate of drug-likeness (QED) is 0.420. The van der Waals surface area contributed by atoms with E-state index < -0.39 is 11.4 Å². The molecule has 6 rings (SSSR count). The van der Waals surface area contributed by atoms with Crippen molar-refractivity contribution in [1.82, 2.24) is 34.5 Å². The summed E-state index contributed by atoms with van der Waals surface area (Å²) in [5.41, 5.74) is 2.50. The maximum Gasteiger partial charge on any atom is 0.253 e. The van der Waals surface area contributed by atoms with Gasteiger partial charge in [-0.15, -0.1) is 0 Å². The van der Waals surface area contributed by atoms with Crippen LogP contribution in [0, 0.1) is 17.1 Å². The maximum absolute atomic E-state index is 13.7. The number of hydrogen-bond acceptors (Lipinski definition) is 7. The number of halogens is 1. The lowest BCUT2D eigenvalue weighted by Gasteiger charge is -2.53. The van der Waals surface area contributed by atoms with Gasteiger partial charge in [-0.3, -0.25) is 14.4 Å². The Morgan fingerprint density at radius 2 is 2.08 bits per heavy atom. The zero-order valence-electron chi connectivity index (χ0n) is 21.0. The Morgan fingerprint density at radius 3 is 2.84 bits per heavy atom. The summed E-state index contributed by atoms with van der Waals surface area (Å²) < 4.78 is 20.7. The Bertz CT molecular complexity index is 1530. The monoisotopic (exact) mass is 514 g/mol. The first-order chi connectivity index (χ1) is 18.5. The summed E-state index contributed by atoms with van der Waals surface area (Å²) in [6.45, 7) is 2.69. The van der Waals surface area contributed by atoms with E-state index in [-0.39, 0.29) is 11.7 Å². The van der Waals surface area contributed by atoms with Crippen LogP contribution in [0.4, 0.5) is 4.39 Å². The molecule has 2 saturated heterocycles. The minimum absolute atomic E-state index is 0.0687. The van der Waals surface area contributed by atoms with Gasteiger partial charge in [0.15, 0.2) is 11.6 Å². The minimum atomic E-state index is -0.486. The smallest absolute Gasteiger partial charge is 0.253 e. The van der Waals surface area contributed by atoms with Crippen LogP contribution in [-0.4, -0.2) is 79.8 Å². The Balaban J connectivity index is 1.11. The number of benzene rings is 1. The number of piperidine rings is 1. The number of amides is 1. The number of methoxy groups -OCH3 is 1. The number of rotatable bonds is 6. The highest BCUT2D eigenvalue weighted by atomic mass is 19.1. The molecule has 0 saturated carbocycles. The summed E-state index contributed by atoms with van der Waals surface area (Å²) in [6, 6.07) is 8.84. The van der Waals surface area contributed by atoms with Crippen LogP contribution in [0.5, 0.6) is 5.75 Å². The number of H-pyrrole nitrogens is 1. The molecule has 0 bridgehead atoms. The molecule has 1 amide bonds. The molecule has 0 atom stereocenters. The van der Waals surface area contributed by atoms with Crippen LogP contribution in [0.15, 0.2) is 49.2 Å². The lowest BCUT2D eigenvalue weighted by atomic mass is 9.83. The molecule has 2 fully saturated rings. The minimum Gasteiger partial charge on any atom is -0.494 e. The predicted octanol–water partition coefficient (Wildman–Crippen LogP) is 3.20. The van der Waals surface area contributed by atoms with Crippen LogP contribution in [0.1, 0.15) is 29.6 Å². The van der Waals surface area contributed by atoms with Crippen molar-refractivity contribution in [1.29, 1.82) is 5.26 Å². The Morgan fingerprint density at radius 1 is 1.26 bits per heavy atom. The van der Waals surface area contributed by atoms with Crippen LogP contribution in [0.25, 0.3) is 22.3 Å². The van der Waals surface area contributed by atoms with Gasteiger partial charge in [0.05, 0.1) is 31.5 Å². The summed E-state index contributed by atoms with van der Waals surface area (Å²) in [5.74, 6) is -0.533. The second-order valence-corrected chi connectivity index (χ2v) is 9.97. The van der Waals surface area contributed by atoms with Gasteiger partial charge in [0.25, 0.3) is 5.91 Å². The summed E-state index contributed by atoms with van der Waals surface area (Å²) >= 11 is 0. The second-order valence-electron chi connectivity index (χ2n) is 9.97. The lowest BCUT2D eigenvalue weighted by Crippen LogP contribution is -2.66. The van der Waals surface area contributed by atoms with Crippen molar-refractivity contribution >= 4 is 16.9 Å². The third kappa shape index (κ3) is 4.07. The van der Waals surface area contributed by atoms with E-state index in [0.29, 0.717) is 31.1 Å². The largest absolute Gasteiger partial charge is 0.494 e. The average Bonchev–Trinajstić information content (AvgIpc) is 3.61. The molecule has 2 aliphatic rings. The van der Waals surface area contributed by atoms with Crippen LogP contribution in [0.3, 0.4) is 0 Å². The number of aromatic amines is 1. The topological polar surface area (TPSA) is 116 Å². The third-order valence-corrected chi connectivity index (χ3v) is 7.77. The van der Waals surface area contributed by atoms with Crippen LogP contribution in [-0.2, 0) is 5.54 Å². The molecule has 0 unspecified atom stereocenters. The fraction of sp³-hybridized carbons (Fsp3) is 0.370. The van der Waals surface area contributed by atoms with Crippen molar-refractivity contribution in [3.8, 4) is 23.1 Å². The third-order valence-electron chi connectivity index (χ3n) is 7.77. The molecule has 10 nitrogen and oxygen atoms in total. The van der Waals surface area contributed by atoms with Crippen molar-refractivity contribution in [2.45, 2.75) is 30.8 Å². The van der Waals surface area contributed by atoms with E-state index in [2.05, 4.69) is 31.0 Å². The molecule has 4 aromatic rings. The number of nitrogens with zero attached hydrogens (tertiary/aromatic N) is 7. The number of nitrogens with one attached hydrogen (secondary N) is 1. The standard InChI is InChI=1S/C27H27FN8O2/c1-38-23-12-18(2-3-22(23)28)26(37)34-10-5-20(6-11-34)35-15-27(16-35,7-8-29)36-14-19(13-33-36)24-21-4-9-30-25(21)32-17-31-24/h2-4,9,12-14,17,20H,5-7,10-11,15-16H2,1H3,(H,30,31,32). The first kappa shape index (κ1) is 24.1. The summed E-state index contributed by atoms with van der Waals surface area (Å²) in [6.07, 6.45) is 9.17. The number of hydrogen-bond donors (Lipinski definition) is 1. The summed E-state index contributed by atoms with van der Waals surface area (Å²) in [7, 11) is 1.39. The van der Waals surface area contributed by atoms with Gasteiger partial charge < -0.3 is 14.6 Å². The normalized spacial score (nSPS) is 17.8. The highest BCUT2D eigenvalue weighted by Crippen LogP contribution is 2.37. The van der Waals surface area contributed by atoms with Crippen molar-refractivity contribution < 1.29 is 13.9 Å². The molecule has 0 spiro atoms.